The molecule has 0 radical (unpaired) electrons. The van der Waals surface area contributed by atoms with E-state index in [1.54, 1.807) is 0 Å². The standard InChI is InChI=1S/C20H22N2O/c23-20(22-14-10-17-6-3-4-8-19(17)22)11-13-21-12-9-16-5-1-2-7-18(16)15-21/h1-8H,9-15H2. The molecule has 2 aliphatic rings. The molecule has 0 N–H and O–H groups in total. The second kappa shape index (κ2) is 6.17. The molecule has 0 saturated carbocycles. The Morgan fingerprint density at radius 2 is 1.57 bits per heavy atom. The molecule has 0 atom stereocenters. The van der Waals surface area contributed by atoms with Crippen LogP contribution in [0.5, 0.6) is 0 Å². The van der Waals surface area contributed by atoms with Crippen LogP contribution in [0.3, 0.4) is 0 Å². The topological polar surface area (TPSA) is 23.6 Å². The van der Waals surface area contributed by atoms with Crippen molar-refractivity contribution in [3.63, 3.8) is 0 Å². The monoisotopic (exact) mass is 306 g/mol. The summed E-state index contributed by atoms with van der Waals surface area (Å²) in [6.45, 7) is 3.72. The summed E-state index contributed by atoms with van der Waals surface area (Å²) in [4.78, 5) is 17.0. The van der Waals surface area contributed by atoms with Crippen molar-refractivity contribution in [1.82, 2.24) is 4.90 Å². The first kappa shape index (κ1) is 14.5. The molecule has 0 bridgehead atoms. The molecule has 0 spiro atoms. The molecule has 0 fully saturated rings. The van der Waals surface area contributed by atoms with Crippen LogP contribution in [-0.2, 0) is 24.2 Å². The van der Waals surface area contributed by atoms with E-state index in [1.165, 1.54) is 16.7 Å². The van der Waals surface area contributed by atoms with Crippen molar-refractivity contribution in [1.29, 1.82) is 0 Å². The number of amides is 1. The molecule has 3 heteroatoms. The summed E-state index contributed by atoms with van der Waals surface area (Å²) < 4.78 is 0. The molecule has 2 aromatic rings. The van der Waals surface area contributed by atoms with E-state index in [4.69, 9.17) is 0 Å². The van der Waals surface area contributed by atoms with Crippen molar-refractivity contribution in [3.05, 3.63) is 65.2 Å². The second-order valence-electron chi connectivity index (χ2n) is 6.47. The summed E-state index contributed by atoms with van der Waals surface area (Å²) in [7, 11) is 0. The molecule has 0 aromatic heterocycles. The zero-order valence-corrected chi connectivity index (χ0v) is 13.4. The van der Waals surface area contributed by atoms with E-state index in [0.717, 1.165) is 44.7 Å². The molecular formula is C20H22N2O. The number of nitrogens with zero attached hydrogens (tertiary/aromatic N) is 2. The predicted octanol–water partition coefficient (Wildman–Crippen LogP) is 3.02. The fourth-order valence-corrected chi connectivity index (χ4v) is 3.73. The van der Waals surface area contributed by atoms with Crippen LogP contribution in [0.1, 0.15) is 23.1 Å². The third kappa shape index (κ3) is 2.89. The molecule has 4 rings (SSSR count). The molecular weight excluding hydrogens is 284 g/mol. The number of rotatable bonds is 3. The minimum atomic E-state index is 0.258. The molecule has 23 heavy (non-hydrogen) atoms. The van der Waals surface area contributed by atoms with Crippen LogP contribution >= 0.6 is 0 Å². The molecule has 2 aliphatic heterocycles. The van der Waals surface area contributed by atoms with Crippen molar-refractivity contribution < 1.29 is 4.79 Å². The van der Waals surface area contributed by atoms with Crippen LogP contribution in [0.4, 0.5) is 5.69 Å². The van der Waals surface area contributed by atoms with Gasteiger partial charge in [0.2, 0.25) is 5.91 Å². The van der Waals surface area contributed by atoms with Gasteiger partial charge in [-0.15, -0.1) is 0 Å². The van der Waals surface area contributed by atoms with E-state index in [9.17, 15) is 4.79 Å². The van der Waals surface area contributed by atoms with Gasteiger partial charge >= 0.3 is 0 Å². The van der Waals surface area contributed by atoms with Gasteiger partial charge in [-0.25, -0.2) is 0 Å². The Morgan fingerprint density at radius 1 is 0.870 bits per heavy atom. The minimum absolute atomic E-state index is 0.258. The molecule has 1 amide bonds. The Morgan fingerprint density at radius 3 is 2.43 bits per heavy atom. The Balaban J connectivity index is 1.36. The molecule has 3 nitrogen and oxygen atoms in total. The van der Waals surface area contributed by atoms with E-state index in [1.807, 2.05) is 11.0 Å². The van der Waals surface area contributed by atoms with Gasteiger partial charge in [0.1, 0.15) is 0 Å². The van der Waals surface area contributed by atoms with E-state index in [2.05, 4.69) is 47.4 Å². The first-order chi connectivity index (χ1) is 11.3. The number of carbonyl (C=O) groups excluding carboxylic acids is 1. The maximum Gasteiger partial charge on any atom is 0.228 e. The van der Waals surface area contributed by atoms with Gasteiger partial charge < -0.3 is 4.90 Å². The number of para-hydroxylation sites is 1. The lowest BCUT2D eigenvalue weighted by Crippen LogP contribution is -2.36. The third-order valence-electron chi connectivity index (χ3n) is 5.04. The smallest absolute Gasteiger partial charge is 0.228 e. The SMILES string of the molecule is O=C(CCN1CCc2ccccc2C1)N1CCc2ccccc21. The van der Waals surface area contributed by atoms with Gasteiger partial charge in [-0.1, -0.05) is 42.5 Å². The van der Waals surface area contributed by atoms with Crippen molar-refractivity contribution in [2.75, 3.05) is 24.5 Å². The molecule has 2 heterocycles. The Labute approximate surface area is 137 Å². The maximum atomic E-state index is 12.6. The zero-order valence-electron chi connectivity index (χ0n) is 13.4. The summed E-state index contributed by atoms with van der Waals surface area (Å²) in [5.41, 5.74) is 5.29. The predicted molar refractivity (Wildman–Crippen MR) is 92.5 cm³/mol. The van der Waals surface area contributed by atoms with Gasteiger partial charge in [0.25, 0.3) is 0 Å². The van der Waals surface area contributed by atoms with Gasteiger partial charge in [-0.2, -0.15) is 0 Å². The highest BCUT2D eigenvalue weighted by atomic mass is 16.2. The van der Waals surface area contributed by atoms with Crippen molar-refractivity contribution in [2.45, 2.75) is 25.8 Å². The summed E-state index contributed by atoms with van der Waals surface area (Å²) in [5.74, 6) is 0.258. The Hall–Kier alpha value is -2.13. The van der Waals surface area contributed by atoms with E-state index < -0.39 is 0 Å². The van der Waals surface area contributed by atoms with Gasteiger partial charge in [0.15, 0.2) is 0 Å². The van der Waals surface area contributed by atoms with Gasteiger partial charge in [-0.05, 0) is 35.6 Å². The van der Waals surface area contributed by atoms with Gasteiger partial charge in [-0.3, -0.25) is 9.69 Å². The highest BCUT2D eigenvalue weighted by Gasteiger charge is 2.24. The summed E-state index contributed by atoms with van der Waals surface area (Å²) >= 11 is 0. The number of fused-ring (bicyclic) bond motifs is 2. The number of anilines is 1. The van der Waals surface area contributed by atoms with Crippen LogP contribution in [-0.4, -0.2) is 30.4 Å². The summed E-state index contributed by atoms with van der Waals surface area (Å²) in [6.07, 6.45) is 2.69. The van der Waals surface area contributed by atoms with Gasteiger partial charge in [0, 0.05) is 38.3 Å². The van der Waals surface area contributed by atoms with Crippen LogP contribution < -0.4 is 4.90 Å². The minimum Gasteiger partial charge on any atom is -0.312 e. The largest absolute Gasteiger partial charge is 0.312 e. The highest BCUT2D eigenvalue weighted by Crippen LogP contribution is 2.28. The van der Waals surface area contributed by atoms with Crippen LogP contribution in [0.25, 0.3) is 0 Å². The van der Waals surface area contributed by atoms with Crippen LogP contribution in [0.2, 0.25) is 0 Å². The summed E-state index contributed by atoms with van der Waals surface area (Å²) in [5, 5.41) is 0. The molecule has 0 aliphatic carbocycles. The molecule has 118 valence electrons. The van der Waals surface area contributed by atoms with Gasteiger partial charge in [0.05, 0.1) is 0 Å². The average molecular weight is 306 g/mol. The lowest BCUT2D eigenvalue weighted by Gasteiger charge is -2.29. The fraction of sp³-hybridized carbons (Fsp3) is 0.350. The molecule has 0 saturated heterocycles. The lowest BCUT2D eigenvalue weighted by molar-refractivity contribution is -0.118. The average Bonchev–Trinajstić information content (AvgIpc) is 3.03. The number of benzene rings is 2. The first-order valence-electron chi connectivity index (χ1n) is 8.49. The van der Waals surface area contributed by atoms with Crippen LogP contribution in [0.15, 0.2) is 48.5 Å². The van der Waals surface area contributed by atoms with E-state index >= 15 is 0 Å². The third-order valence-corrected chi connectivity index (χ3v) is 5.04. The van der Waals surface area contributed by atoms with Crippen molar-refractivity contribution in [2.24, 2.45) is 0 Å². The number of carbonyl (C=O) groups is 1. The fourth-order valence-electron chi connectivity index (χ4n) is 3.73. The zero-order chi connectivity index (χ0) is 15.6. The lowest BCUT2D eigenvalue weighted by atomic mass is 10.00. The summed E-state index contributed by atoms with van der Waals surface area (Å²) in [6, 6.07) is 16.9. The van der Waals surface area contributed by atoms with E-state index in [-0.39, 0.29) is 5.91 Å². The Bertz CT molecular complexity index is 725. The number of hydrogen-bond donors (Lipinski definition) is 0. The van der Waals surface area contributed by atoms with Crippen LogP contribution in [0, 0.1) is 0 Å². The van der Waals surface area contributed by atoms with Crippen molar-refractivity contribution >= 4 is 11.6 Å². The van der Waals surface area contributed by atoms with Crippen molar-refractivity contribution in [3.8, 4) is 0 Å². The Kier molecular flexibility index (Phi) is 3.88. The maximum absolute atomic E-state index is 12.6. The molecule has 2 aromatic carbocycles. The number of hydrogen-bond acceptors (Lipinski definition) is 2. The quantitative estimate of drug-likeness (QED) is 0.870. The van der Waals surface area contributed by atoms with E-state index in [0.29, 0.717) is 6.42 Å². The first-order valence-corrected chi connectivity index (χ1v) is 8.49. The highest BCUT2D eigenvalue weighted by molar-refractivity contribution is 5.95. The molecule has 0 unspecified atom stereocenters. The normalized spacial score (nSPS) is 17.0. The second-order valence-corrected chi connectivity index (χ2v) is 6.47.